The summed E-state index contributed by atoms with van der Waals surface area (Å²) in [6.45, 7) is 0.305. The van der Waals surface area contributed by atoms with Crippen molar-refractivity contribution in [1.29, 1.82) is 0 Å². The summed E-state index contributed by atoms with van der Waals surface area (Å²) in [6.07, 6.45) is 5.68. The van der Waals surface area contributed by atoms with Crippen molar-refractivity contribution in [2.75, 3.05) is 17.6 Å². The molecule has 6 nitrogen and oxygen atoms in total. The number of nitrogens with two attached hydrogens (primary N) is 2. The summed E-state index contributed by atoms with van der Waals surface area (Å²) in [7, 11) is -3.86. The predicted molar refractivity (Wildman–Crippen MR) is 83.4 cm³/mol. The van der Waals surface area contributed by atoms with Crippen LogP contribution in [0.2, 0.25) is 0 Å². The van der Waals surface area contributed by atoms with Crippen LogP contribution in [-0.2, 0) is 10.0 Å². The minimum absolute atomic E-state index is 0.0419. The normalized spacial score (nSPS) is 19.0. The van der Waals surface area contributed by atoms with Gasteiger partial charge in [0.05, 0.1) is 11.3 Å². The molecule has 1 aliphatic rings. The average Bonchev–Trinajstić information content (AvgIpc) is 2.62. The Kier molecular flexibility index (Phi) is 4.75. The van der Waals surface area contributed by atoms with Gasteiger partial charge in [0.25, 0.3) is 0 Å². The molecule has 0 spiro atoms. The SMILES string of the molecule is Nc1ccc(NCC2(O)CCCCCC2)c(S(N)(=O)=O)c1. The van der Waals surface area contributed by atoms with Gasteiger partial charge in [0.2, 0.25) is 10.0 Å². The number of hydrogen-bond acceptors (Lipinski definition) is 5. The van der Waals surface area contributed by atoms with Crippen LogP contribution < -0.4 is 16.2 Å². The van der Waals surface area contributed by atoms with E-state index in [9.17, 15) is 13.5 Å². The van der Waals surface area contributed by atoms with Crippen LogP contribution in [0, 0.1) is 0 Å². The summed E-state index contributed by atoms with van der Waals surface area (Å²) in [5, 5.41) is 18.8. The summed E-state index contributed by atoms with van der Waals surface area (Å²) in [5.41, 5.74) is 5.52. The van der Waals surface area contributed by atoms with Gasteiger partial charge in [-0.25, -0.2) is 13.6 Å². The highest BCUT2D eigenvalue weighted by molar-refractivity contribution is 7.89. The molecule has 118 valence electrons. The Morgan fingerprint density at radius 3 is 2.38 bits per heavy atom. The maximum Gasteiger partial charge on any atom is 0.240 e. The quantitative estimate of drug-likeness (QED) is 0.495. The molecule has 0 atom stereocenters. The molecule has 1 aromatic rings. The summed E-state index contributed by atoms with van der Waals surface area (Å²) in [4.78, 5) is -0.0419. The van der Waals surface area contributed by atoms with Crippen molar-refractivity contribution in [2.24, 2.45) is 5.14 Å². The summed E-state index contributed by atoms with van der Waals surface area (Å²) in [5.74, 6) is 0. The molecule has 1 saturated carbocycles. The number of benzene rings is 1. The Hall–Kier alpha value is -1.31. The molecule has 6 N–H and O–H groups in total. The number of nitrogen functional groups attached to an aromatic ring is 1. The molecule has 0 aliphatic heterocycles. The Bertz CT molecular complexity index is 593. The van der Waals surface area contributed by atoms with E-state index in [2.05, 4.69) is 5.32 Å². The molecular weight excluding hydrogens is 290 g/mol. The highest BCUT2D eigenvalue weighted by Gasteiger charge is 2.28. The third-order valence-corrected chi connectivity index (χ3v) is 4.91. The Morgan fingerprint density at radius 2 is 1.81 bits per heavy atom. The number of rotatable bonds is 4. The molecule has 0 heterocycles. The van der Waals surface area contributed by atoms with Gasteiger partial charge in [0.15, 0.2) is 0 Å². The molecule has 0 saturated heterocycles. The smallest absolute Gasteiger partial charge is 0.240 e. The number of anilines is 2. The number of sulfonamides is 1. The van der Waals surface area contributed by atoms with Crippen LogP contribution in [0.1, 0.15) is 38.5 Å². The Labute approximate surface area is 125 Å². The van der Waals surface area contributed by atoms with E-state index in [-0.39, 0.29) is 4.90 Å². The molecule has 0 amide bonds. The zero-order chi connectivity index (χ0) is 15.5. The lowest BCUT2D eigenvalue weighted by Crippen LogP contribution is -2.36. The van der Waals surface area contributed by atoms with Crippen molar-refractivity contribution >= 4 is 21.4 Å². The van der Waals surface area contributed by atoms with E-state index < -0.39 is 15.6 Å². The van der Waals surface area contributed by atoms with E-state index >= 15 is 0 Å². The average molecular weight is 313 g/mol. The standard InChI is InChI=1S/C14H23N3O3S/c15-11-5-6-12(13(9-11)21(16,19)20)17-10-14(18)7-3-1-2-4-8-14/h5-6,9,17-18H,1-4,7-8,10,15H2,(H2,16,19,20). The highest BCUT2D eigenvalue weighted by Crippen LogP contribution is 2.29. The van der Waals surface area contributed by atoms with Crippen molar-refractivity contribution in [3.05, 3.63) is 18.2 Å². The lowest BCUT2D eigenvalue weighted by atomic mass is 9.94. The fraction of sp³-hybridized carbons (Fsp3) is 0.571. The van der Waals surface area contributed by atoms with Crippen LogP contribution in [0.15, 0.2) is 23.1 Å². The molecular formula is C14H23N3O3S. The third-order valence-electron chi connectivity index (χ3n) is 3.95. The van der Waals surface area contributed by atoms with Gasteiger partial charge in [-0.1, -0.05) is 25.7 Å². The zero-order valence-electron chi connectivity index (χ0n) is 12.0. The van der Waals surface area contributed by atoms with E-state index in [1.165, 1.54) is 6.07 Å². The van der Waals surface area contributed by atoms with Crippen LogP contribution >= 0.6 is 0 Å². The molecule has 0 radical (unpaired) electrons. The largest absolute Gasteiger partial charge is 0.399 e. The van der Waals surface area contributed by atoms with Crippen molar-refractivity contribution < 1.29 is 13.5 Å². The van der Waals surface area contributed by atoms with E-state index in [4.69, 9.17) is 10.9 Å². The van der Waals surface area contributed by atoms with Crippen LogP contribution in [0.5, 0.6) is 0 Å². The topological polar surface area (TPSA) is 118 Å². The van der Waals surface area contributed by atoms with E-state index in [0.717, 1.165) is 38.5 Å². The van der Waals surface area contributed by atoms with Crippen LogP contribution in [0.4, 0.5) is 11.4 Å². The number of primary sulfonamides is 1. The number of nitrogens with one attached hydrogen (secondary N) is 1. The summed E-state index contributed by atoms with van der Waals surface area (Å²) >= 11 is 0. The molecule has 1 aliphatic carbocycles. The van der Waals surface area contributed by atoms with E-state index in [0.29, 0.717) is 17.9 Å². The van der Waals surface area contributed by atoms with Gasteiger partial charge in [-0.05, 0) is 31.0 Å². The first-order chi connectivity index (χ1) is 9.80. The van der Waals surface area contributed by atoms with Crippen molar-refractivity contribution in [3.63, 3.8) is 0 Å². The molecule has 1 fully saturated rings. The fourth-order valence-corrected chi connectivity index (χ4v) is 3.49. The summed E-state index contributed by atoms with van der Waals surface area (Å²) in [6, 6.07) is 4.51. The monoisotopic (exact) mass is 313 g/mol. The molecule has 0 aromatic heterocycles. The molecule has 1 aromatic carbocycles. The first-order valence-electron chi connectivity index (χ1n) is 7.19. The van der Waals surface area contributed by atoms with E-state index in [1.807, 2.05) is 0 Å². The third kappa shape index (κ3) is 4.33. The van der Waals surface area contributed by atoms with Gasteiger partial charge in [-0.3, -0.25) is 0 Å². The lowest BCUT2D eigenvalue weighted by molar-refractivity contribution is 0.0381. The second-order valence-electron chi connectivity index (χ2n) is 5.79. The molecule has 0 bridgehead atoms. The van der Waals surface area contributed by atoms with Gasteiger partial charge in [0, 0.05) is 12.2 Å². The molecule has 2 rings (SSSR count). The summed E-state index contributed by atoms with van der Waals surface area (Å²) < 4.78 is 23.2. The maximum atomic E-state index is 11.6. The van der Waals surface area contributed by atoms with Gasteiger partial charge >= 0.3 is 0 Å². The minimum Gasteiger partial charge on any atom is -0.399 e. The van der Waals surface area contributed by atoms with Gasteiger partial charge < -0.3 is 16.2 Å². The minimum atomic E-state index is -3.86. The first kappa shape index (κ1) is 16.1. The van der Waals surface area contributed by atoms with Crippen LogP contribution in [0.3, 0.4) is 0 Å². The fourth-order valence-electron chi connectivity index (χ4n) is 2.74. The Morgan fingerprint density at radius 1 is 1.19 bits per heavy atom. The molecule has 0 unspecified atom stereocenters. The van der Waals surface area contributed by atoms with Crippen molar-refractivity contribution in [1.82, 2.24) is 0 Å². The Balaban J connectivity index is 2.16. The van der Waals surface area contributed by atoms with E-state index in [1.54, 1.807) is 12.1 Å². The van der Waals surface area contributed by atoms with Gasteiger partial charge in [-0.15, -0.1) is 0 Å². The highest BCUT2D eigenvalue weighted by atomic mass is 32.2. The molecule has 21 heavy (non-hydrogen) atoms. The first-order valence-corrected chi connectivity index (χ1v) is 8.73. The van der Waals surface area contributed by atoms with Crippen molar-refractivity contribution in [2.45, 2.75) is 49.0 Å². The second kappa shape index (κ2) is 6.21. The maximum absolute atomic E-state index is 11.6. The van der Waals surface area contributed by atoms with Crippen molar-refractivity contribution in [3.8, 4) is 0 Å². The number of hydrogen-bond donors (Lipinski definition) is 4. The zero-order valence-corrected chi connectivity index (χ0v) is 12.8. The van der Waals surface area contributed by atoms with Crippen LogP contribution in [-0.4, -0.2) is 25.7 Å². The van der Waals surface area contributed by atoms with Crippen LogP contribution in [0.25, 0.3) is 0 Å². The van der Waals surface area contributed by atoms with Gasteiger partial charge in [-0.2, -0.15) is 0 Å². The number of aliphatic hydroxyl groups is 1. The lowest BCUT2D eigenvalue weighted by Gasteiger charge is -2.27. The molecule has 7 heteroatoms. The van der Waals surface area contributed by atoms with Gasteiger partial charge in [0.1, 0.15) is 4.90 Å². The second-order valence-corrected chi connectivity index (χ2v) is 7.32. The predicted octanol–water partition coefficient (Wildman–Crippen LogP) is 1.41.